The molecule has 1 fully saturated rings. The Kier molecular flexibility index (Phi) is 3.38. The first-order chi connectivity index (χ1) is 9.29. The second-order valence-corrected chi connectivity index (χ2v) is 5.23. The van der Waals surface area contributed by atoms with Crippen molar-refractivity contribution in [2.75, 3.05) is 6.54 Å². The topological polar surface area (TPSA) is 78.1 Å². The zero-order valence-electron chi connectivity index (χ0n) is 11.1. The van der Waals surface area contributed by atoms with Crippen LogP contribution in [-0.4, -0.2) is 16.7 Å². The molecular weight excluding hydrogens is 242 g/mol. The van der Waals surface area contributed by atoms with Crippen molar-refractivity contribution in [3.05, 3.63) is 24.0 Å². The Bertz CT molecular complexity index is 546. The maximum absolute atomic E-state index is 5.85. The highest BCUT2D eigenvalue weighted by molar-refractivity contribution is 5.56. The van der Waals surface area contributed by atoms with E-state index in [2.05, 4.69) is 10.1 Å². The van der Waals surface area contributed by atoms with Gasteiger partial charge in [0.05, 0.1) is 11.8 Å². The quantitative estimate of drug-likeness (QED) is 0.919. The van der Waals surface area contributed by atoms with Crippen LogP contribution in [-0.2, 0) is 0 Å². The SMILES string of the molecule is Cc1occc1-c1noc(C2CCCCC2CN)n1. The van der Waals surface area contributed by atoms with Gasteiger partial charge in [0.1, 0.15) is 5.76 Å². The molecule has 19 heavy (non-hydrogen) atoms. The fourth-order valence-corrected chi connectivity index (χ4v) is 2.93. The summed E-state index contributed by atoms with van der Waals surface area (Å²) >= 11 is 0. The van der Waals surface area contributed by atoms with Gasteiger partial charge in [0.15, 0.2) is 0 Å². The van der Waals surface area contributed by atoms with Crippen LogP contribution in [0.15, 0.2) is 21.3 Å². The lowest BCUT2D eigenvalue weighted by atomic mass is 9.79. The molecule has 2 atom stereocenters. The van der Waals surface area contributed by atoms with Crippen LogP contribution in [0.5, 0.6) is 0 Å². The summed E-state index contributed by atoms with van der Waals surface area (Å²) < 4.78 is 10.7. The number of rotatable bonds is 3. The third-order valence-electron chi connectivity index (χ3n) is 4.07. The Morgan fingerprint density at radius 3 is 2.95 bits per heavy atom. The van der Waals surface area contributed by atoms with Crippen molar-refractivity contribution in [2.24, 2.45) is 11.7 Å². The van der Waals surface area contributed by atoms with Crippen LogP contribution < -0.4 is 5.73 Å². The average Bonchev–Trinajstić information content (AvgIpc) is 3.07. The highest BCUT2D eigenvalue weighted by Gasteiger charge is 2.30. The van der Waals surface area contributed by atoms with E-state index >= 15 is 0 Å². The van der Waals surface area contributed by atoms with Gasteiger partial charge < -0.3 is 14.7 Å². The lowest BCUT2D eigenvalue weighted by Gasteiger charge is -2.27. The second kappa shape index (κ2) is 5.17. The van der Waals surface area contributed by atoms with Crippen LogP contribution in [0.25, 0.3) is 11.4 Å². The highest BCUT2D eigenvalue weighted by atomic mass is 16.5. The molecule has 1 saturated carbocycles. The molecule has 0 spiro atoms. The van der Waals surface area contributed by atoms with Gasteiger partial charge in [-0.15, -0.1) is 0 Å². The zero-order valence-corrected chi connectivity index (χ0v) is 11.1. The number of furan rings is 1. The molecule has 5 nitrogen and oxygen atoms in total. The smallest absolute Gasteiger partial charge is 0.230 e. The summed E-state index contributed by atoms with van der Waals surface area (Å²) in [4.78, 5) is 4.54. The largest absolute Gasteiger partial charge is 0.469 e. The number of nitrogens with two attached hydrogens (primary N) is 1. The number of hydrogen-bond acceptors (Lipinski definition) is 5. The minimum atomic E-state index is 0.312. The summed E-state index contributed by atoms with van der Waals surface area (Å²) in [6, 6.07) is 1.87. The number of nitrogens with zero attached hydrogens (tertiary/aromatic N) is 2. The monoisotopic (exact) mass is 261 g/mol. The lowest BCUT2D eigenvalue weighted by Crippen LogP contribution is -2.25. The number of aryl methyl sites for hydroxylation is 1. The zero-order chi connectivity index (χ0) is 13.2. The summed E-state index contributed by atoms with van der Waals surface area (Å²) in [6.45, 7) is 2.59. The summed E-state index contributed by atoms with van der Waals surface area (Å²) in [7, 11) is 0. The van der Waals surface area contributed by atoms with Crippen LogP contribution in [0.2, 0.25) is 0 Å². The van der Waals surface area contributed by atoms with E-state index in [1.165, 1.54) is 12.8 Å². The standard InChI is InChI=1S/C14H19N3O2/c1-9-11(6-7-18-9)13-16-14(19-17-13)12-5-3-2-4-10(12)8-15/h6-7,10,12H,2-5,8,15H2,1H3. The van der Waals surface area contributed by atoms with Crippen LogP contribution in [0.4, 0.5) is 0 Å². The van der Waals surface area contributed by atoms with Gasteiger partial charge in [-0.2, -0.15) is 4.98 Å². The average molecular weight is 261 g/mol. The van der Waals surface area contributed by atoms with Gasteiger partial charge in [0, 0.05) is 5.92 Å². The molecule has 0 aliphatic heterocycles. The first-order valence-corrected chi connectivity index (χ1v) is 6.87. The molecule has 0 amide bonds. The Morgan fingerprint density at radius 1 is 1.37 bits per heavy atom. The van der Waals surface area contributed by atoms with Crippen molar-refractivity contribution in [1.29, 1.82) is 0 Å². The summed E-state index contributed by atoms with van der Waals surface area (Å²) in [6.07, 6.45) is 6.35. The van der Waals surface area contributed by atoms with Crippen molar-refractivity contribution in [2.45, 2.75) is 38.5 Å². The molecule has 1 aliphatic carbocycles. The van der Waals surface area contributed by atoms with Crippen molar-refractivity contribution in [3.8, 4) is 11.4 Å². The Morgan fingerprint density at radius 2 is 2.21 bits per heavy atom. The van der Waals surface area contributed by atoms with Gasteiger partial charge in [0.25, 0.3) is 0 Å². The van der Waals surface area contributed by atoms with Crippen LogP contribution in [0.1, 0.15) is 43.3 Å². The minimum absolute atomic E-state index is 0.312. The van der Waals surface area contributed by atoms with Gasteiger partial charge in [-0.05, 0) is 38.3 Å². The fraction of sp³-hybridized carbons (Fsp3) is 0.571. The van der Waals surface area contributed by atoms with Crippen molar-refractivity contribution >= 4 is 0 Å². The molecule has 2 N–H and O–H groups in total. The highest BCUT2D eigenvalue weighted by Crippen LogP contribution is 2.37. The first-order valence-electron chi connectivity index (χ1n) is 6.87. The number of aromatic nitrogens is 2. The van der Waals surface area contributed by atoms with Gasteiger partial charge in [-0.25, -0.2) is 0 Å². The normalized spacial score (nSPS) is 23.7. The van der Waals surface area contributed by atoms with Gasteiger partial charge in [0.2, 0.25) is 11.7 Å². The predicted molar refractivity (Wildman–Crippen MR) is 70.5 cm³/mol. The minimum Gasteiger partial charge on any atom is -0.469 e. The number of hydrogen-bond donors (Lipinski definition) is 1. The van der Waals surface area contributed by atoms with Crippen molar-refractivity contribution in [1.82, 2.24) is 10.1 Å². The predicted octanol–water partition coefficient (Wildman–Crippen LogP) is 2.87. The molecular formula is C14H19N3O2. The molecule has 5 heteroatoms. The third kappa shape index (κ3) is 2.30. The summed E-state index contributed by atoms with van der Waals surface area (Å²) in [5, 5.41) is 4.08. The fourth-order valence-electron chi connectivity index (χ4n) is 2.93. The molecule has 0 saturated heterocycles. The van der Waals surface area contributed by atoms with Crippen LogP contribution in [0, 0.1) is 12.8 Å². The van der Waals surface area contributed by atoms with E-state index in [4.69, 9.17) is 14.7 Å². The Hall–Kier alpha value is -1.62. The molecule has 0 radical (unpaired) electrons. The molecule has 1 aliphatic rings. The molecule has 2 aromatic heterocycles. The van der Waals surface area contributed by atoms with Crippen molar-refractivity contribution < 1.29 is 8.94 Å². The third-order valence-corrected chi connectivity index (χ3v) is 4.07. The van der Waals surface area contributed by atoms with Gasteiger partial charge >= 0.3 is 0 Å². The van der Waals surface area contributed by atoms with E-state index in [1.807, 2.05) is 13.0 Å². The first kappa shape index (κ1) is 12.4. The van der Waals surface area contributed by atoms with Gasteiger partial charge in [-0.1, -0.05) is 18.0 Å². The van der Waals surface area contributed by atoms with Crippen LogP contribution in [0.3, 0.4) is 0 Å². The van der Waals surface area contributed by atoms with Crippen molar-refractivity contribution in [3.63, 3.8) is 0 Å². The van der Waals surface area contributed by atoms with E-state index < -0.39 is 0 Å². The maximum Gasteiger partial charge on any atom is 0.230 e. The van der Waals surface area contributed by atoms with Gasteiger partial charge in [-0.3, -0.25) is 0 Å². The van der Waals surface area contributed by atoms with Crippen LogP contribution >= 0.6 is 0 Å². The Labute approximate surface area is 112 Å². The van der Waals surface area contributed by atoms with E-state index in [9.17, 15) is 0 Å². The van der Waals surface area contributed by atoms with E-state index in [0.29, 0.717) is 24.2 Å². The lowest BCUT2D eigenvalue weighted by molar-refractivity contribution is 0.249. The maximum atomic E-state index is 5.85. The summed E-state index contributed by atoms with van der Waals surface area (Å²) in [5.41, 5.74) is 6.75. The van der Waals surface area contributed by atoms with E-state index in [-0.39, 0.29) is 0 Å². The summed E-state index contributed by atoms with van der Waals surface area (Å²) in [5.74, 6) is 2.93. The molecule has 2 unspecified atom stereocenters. The second-order valence-electron chi connectivity index (χ2n) is 5.23. The van der Waals surface area contributed by atoms with E-state index in [0.717, 1.165) is 30.1 Å². The Balaban J connectivity index is 1.86. The molecule has 3 rings (SSSR count). The molecule has 102 valence electrons. The molecule has 2 aromatic rings. The molecule has 2 heterocycles. The molecule has 0 aromatic carbocycles. The molecule has 0 bridgehead atoms. The van der Waals surface area contributed by atoms with E-state index in [1.54, 1.807) is 6.26 Å².